The number of carbonyl (C=O) groups excluding carboxylic acids is 1. The molecule has 172 valence electrons. The van der Waals surface area contributed by atoms with Crippen molar-refractivity contribution in [1.82, 2.24) is 19.7 Å². The number of hydrogen-bond acceptors (Lipinski definition) is 6. The number of benzene rings is 2. The molecule has 3 aromatic rings. The maximum absolute atomic E-state index is 12.9. The number of rotatable bonds is 8. The van der Waals surface area contributed by atoms with Gasteiger partial charge in [0.25, 0.3) is 0 Å². The molecule has 0 radical (unpaired) electrons. The zero-order valence-electron chi connectivity index (χ0n) is 18.5. The SMILES string of the molecule is C=CCn1c(SCC(=O)N2CCN(c3ccc(OC)cc3)CC2)nnc1-c1ccc(Cl)cc1. The summed E-state index contributed by atoms with van der Waals surface area (Å²) in [7, 11) is 1.66. The molecule has 1 fully saturated rings. The van der Waals surface area contributed by atoms with Gasteiger partial charge in [0.1, 0.15) is 5.75 Å². The quantitative estimate of drug-likeness (QED) is 0.353. The first-order valence-electron chi connectivity index (χ1n) is 10.7. The van der Waals surface area contributed by atoms with Gasteiger partial charge < -0.3 is 14.5 Å². The molecule has 7 nitrogen and oxygen atoms in total. The highest BCUT2D eigenvalue weighted by Crippen LogP contribution is 2.26. The summed E-state index contributed by atoms with van der Waals surface area (Å²) < 4.78 is 7.20. The standard InChI is InChI=1S/C24H26ClN5O2S/c1-3-12-30-23(18-4-6-19(25)7-5-18)26-27-24(30)33-17-22(31)29-15-13-28(14-16-29)20-8-10-21(32-2)11-9-20/h3-11H,1,12-17H2,2H3. The predicted octanol–water partition coefficient (Wildman–Crippen LogP) is 4.23. The van der Waals surface area contributed by atoms with Crippen molar-refractivity contribution in [1.29, 1.82) is 0 Å². The monoisotopic (exact) mass is 483 g/mol. The van der Waals surface area contributed by atoms with E-state index in [1.54, 1.807) is 13.2 Å². The van der Waals surface area contributed by atoms with Gasteiger partial charge in [-0.15, -0.1) is 16.8 Å². The number of allylic oxidation sites excluding steroid dienone is 1. The summed E-state index contributed by atoms with van der Waals surface area (Å²) in [5.41, 5.74) is 2.06. The fourth-order valence-electron chi connectivity index (χ4n) is 3.73. The Kier molecular flexibility index (Phi) is 7.57. The van der Waals surface area contributed by atoms with Gasteiger partial charge in [-0.1, -0.05) is 29.4 Å². The number of hydrogen-bond donors (Lipinski definition) is 0. The highest BCUT2D eigenvalue weighted by molar-refractivity contribution is 7.99. The lowest BCUT2D eigenvalue weighted by Crippen LogP contribution is -2.49. The van der Waals surface area contributed by atoms with E-state index in [1.165, 1.54) is 11.8 Å². The fourth-order valence-corrected chi connectivity index (χ4v) is 4.70. The molecule has 0 atom stereocenters. The van der Waals surface area contributed by atoms with Gasteiger partial charge in [0.05, 0.1) is 12.9 Å². The summed E-state index contributed by atoms with van der Waals surface area (Å²) in [5.74, 6) is 2.00. The Labute approximate surface area is 203 Å². The maximum Gasteiger partial charge on any atom is 0.233 e. The van der Waals surface area contributed by atoms with Gasteiger partial charge in [0, 0.05) is 49.0 Å². The molecule has 0 bridgehead atoms. The van der Waals surface area contributed by atoms with Crippen molar-refractivity contribution in [2.45, 2.75) is 11.7 Å². The average Bonchev–Trinajstić information content (AvgIpc) is 3.26. The van der Waals surface area contributed by atoms with Crippen LogP contribution in [0.5, 0.6) is 5.75 Å². The van der Waals surface area contributed by atoms with E-state index < -0.39 is 0 Å². The first-order valence-corrected chi connectivity index (χ1v) is 12.0. The number of methoxy groups -OCH3 is 1. The Morgan fingerprint density at radius 2 is 1.79 bits per heavy atom. The van der Waals surface area contributed by atoms with Crippen molar-refractivity contribution in [2.75, 3.05) is 43.9 Å². The highest BCUT2D eigenvalue weighted by Gasteiger charge is 2.22. The summed E-state index contributed by atoms with van der Waals surface area (Å²) in [6, 6.07) is 15.5. The van der Waals surface area contributed by atoms with Crippen LogP contribution in [0.15, 0.2) is 66.3 Å². The van der Waals surface area contributed by atoms with E-state index in [1.807, 2.05) is 45.9 Å². The highest BCUT2D eigenvalue weighted by atomic mass is 35.5. The van der Waals surface area contributed by atoms with Crippen LogP contribution >= 0.6 is 23.4 Å². The van der Waals surface area contributed by atoms with E-state index in [0.717, 1.165) is 35.9 Å². The summed E-state index contributed by atoms with van der Waals surface area (Å²) in [6.45, 7) is 7.39. The molecule has 1 aromatic heterocycles. The smallest absolute Gasteiger partial charge is 0.233 e. The molecule has 1 saturated heterocycles. The van der Waals surface area contributed by atoms with Gasteiger partial charge in [-0.2, -0.15) is 0 Å². The van der Waals surface area contributed by atoms with Crippen LogP contribution in [0.2, 0.25) is 5.02 Å². The molecule has 0 saturated carbocycles. The zero-order chi connectivity index (χ0) is 23.2. The molecular weight excluding hydrogens is 458 g/mol. The number of nitrogens with zero attached hydrogens (tertiary/aromatic N) is 5. The Balaban J connectivity index is 1.35. The van der Waals surface area contributed by atoms with Gasteiger partial charge in [0.15, 0.2) is 11.0 Å². The number of thioether (sulfide) groups is 1. The van der Waals surface area contributed by atoms with Gasteiger partial charge in [-0.05, 0) is 48.5 Å². The van der Waals surface area contributed by atoms with Crippen LogP contribution in [-0.4, -0.2) is 64.6 Å². The molecule has 2 aromatic carbocycles. The average molecular weight is 484 g/mol. The van der Waals surface area contributed by atoms with E-state index in [2.05, 4.69) is 33.8 Å². The number of amides is 1. The number of aromatic nitrogens is 3. The Morgan fingerprint density at radius 3 is 2.42 bits per heavy atom. The van der Waals surface area contributed by atoms with E-state index in [4.69, 9.17) is 16.3 Å². The van der Waals surface area contributed by atoms with Crippen molar-refractivity contribution in [3.05, 3.63) is 66.2 Å². The molecule has 1 amide bonds. The molecule has 0 N–H and O–H groups in total. The third-order valence-corrected chi connectivity index (χ3v) is 6.73. The molecule has 2 heterocycles. The third kappa shape index (κ3) is 5.51. The topological polar surface area (TPSA) is 63.5 Å². The molecular formula is C24H26ClN5O2S. The lowest BCUT2D eigenvalue weighted by atomic mass is 10.2. The number of piperazine rings is 1. The number of anilines is 1. The van der Waals surface area contributed by atoms with Crippen molar-refractivity contribution < 1.29 is 9.53 Å². The Hall–Kier alpha value is -2.97. The third-order valence-electron chi connectivity index (χ3n) is 5.53. The minimum Gasteiger partial charge on any atom is -0.497 e. The molecule has 0 aliphatic carbocycles. The molecule has 4 rings (SSSR count). The van der Waals surface area contributed by atoms with Crippen molar-refractivity contribution in [3.8, 4) is 17.1 Å². The van der Waals surface area contributed by atoms with Crippen molar-refractivity contribution in [2.24, 2.45) is 0 Å². The largest absolute Gasteiger partial charge is 0.497 e. The predicted molar refractivity (Wildman–Crippen MR) is 133 cm³/mol. The second kappa shape index (κ2) is 10.8. The summed E-state index contributed by atoms with van der Waals surface area (Å²) in [4.78, 5) is 17.1. The van der Waals surface area contributed by atoms with Crippen molar-refractivity contribution in [3.63, 3.8) is 0 Å². The van der Waals surface area contributed by atoms with Crippen molar-refractivity contribution >= 4 is 35.0 Å². The second-order valence-electron chi connectivity index (χ2n) is 7.57. The first-order chi connectivity index (χ1) is 16.1. The summed E-state index contributed by atoms with van der Waals surface area (Å²) in [6.07, 6.45) is 1.80. The summed E-state index contributed by atoms with van der Waals surface area (Å²) in [5, 5.41) is 10.0. The maximum atomic E-state index is 12.9. The number of ether oxygens (including phenoxy) is 1. The second-order valence-corrected chi connectivity index (χ2v) is 8.95. The normalized spacial score (nSPS) is 13.8. The molecule has 0 spiro atoms. The molecule has 0 unspecified atom stereocenters. The van der Waals surface area contributed by atoms with E-state index in [-0.39, 0.29) is 5.91 Å². The van der Waals surface area contributed by atoms with Gasteiger partial charge in [0.2, 0.25) is 5.91 Å². The molecule has 9 heteroatoms. The van der Waals surface area contributed by atoms with Crippen LogP contribution < -0.4 is 9.64 Å². The number of halogens is 1. The van der Waals surface area contributed by atoms with Crippen LogP contribution in [0.3, 0.4) is 0 Å². The Bertz CT molecular complexity index is 1090. The van der Waals surface area contributed by atoms with Gasteiger partial charge >= 0.3 is 0 Å². The minimum absolute atomic E-state index is 0.107. The minimum atomic E-state index is 0.107. The van der Waals surface area contributed by atoms with Crippen LogP contribution in [0.4, 0.5) is 5.69 Å². The lowest BCUT2D eigenvalue weighted by molar-refractivity contribution is -0.128. The van der Waals surface area contributed by atoms with Crippen LogP contribution in [0.25, 0.3) is 11.4 Å². The number of carbonyl (C=O) groups is 1. The fraction of sp³-hybridized carbons (Fsp3) is 0.292. The zero-order valence-corrected chi connectivity index (χ0v) is 20.1. The van der Waals surface area contributed by atoms with Crippen LogP contribution in [0.1, 0.15) is 0 Å². The van der Waals surface area contributed by atoms with Gasteiger partial charge in [-0.3, -0.25) is 9.36 Å². The van der Waals surface area contributed by atoms with Crippen LogP contribution in [-0.2, 0) is 11.3 Å². The molecule has 33 heavy (non-hydrogen) atoms. The Morgan fingerprint density at radius 1 is 1.09 bits per heavy atom. The van der Waals surface area contributed by atoms with E-state index >= 15 is 0 Å². The first kappa shape index (κ1) is 23.2. The van der Waals surface area contributed by atoms with Gasteiger partial charge in [-0.25, -0.2) is 0 Å². The van der Waals surface area contributed by atoms with Crippen LogP contribution in [0, 0.1) is 0 Å². The summed E-state index contributed by atoms with van der Waals surface area (Å²) >= 11 is 7.41. The van der Waals surface area contributed by atoms with E-state index in [0.29, 0.717) is 35.6 Å². The molecule has 1 aliphatic rings. The van der Waals surface area contributed by atoms with E-state index in [9.17, 15) is 4.79 Å². The lowest BCUT2D eigenvalue weighted by Gasteiger charge is -2.36. The molecule has 1 aliphatic heterocycles.